The summed E-state index contributed by atoms with van der Waals surface area (Å²) >= 11 is 6.08. The van der Waals surface area contributed by atoms with Gasteiger partial charge < -0.3 is 15.2 Å². The zero-order valence-electron chi connectivity index (χ0n) is 16.3. The number of carbonyl (C=O) groups is 1. The standard InChI is InChI=1S/C22H24ClFN4O/c1-15-2-4-17(26-11-15)12-25-14-22(24)6-8-28(9-7-22)21(29)19-13-27-20-5-3-16(23)10-18(19)20/h2-5,10-11,13,25,27H,6-9,12,14H2,1H3. The molecular weight excluding hydrogens is 391 g/mol. The first-order valence-electron chi connectivity index (χ1n) is 9.81. The lowest BCUT2D eigenvalue weighted by Crippen LogP contribution is -2.48. The molecular formula is C22H24ClFN4O. The Kier molecular flexibility index (Phi) is 5.56. The van der Waals surface area contributed by atoms with Crippen molar-refractivity contribution in [2.45, 2.75) is 32.0 Å². The first-order valence-corrected chi connectivity index (χ1v) is 10.2. The molecule has 0 radical (unpaired) electrons. The second-order valence-corrected chi connectivity index (χ2v) is 8.20. The number of aromatic amines is 1. The number of halogens is 2. The van der Waals surface area contributed by atoms with Crippen molar-refractivity contribution in [1.29, 1.82) is 0 Å². The first kappa shape index (κ1) is 19.9. The molecule has 2 aromatic heterocycles. The molecule has 3 aromatic rings. The Balaban J connectivity index is 1.33. The number of amides is 1. The molecule has 0 saturated carbocycles. The number of benzene rings is 1. The van der Waals surface area contributed by atoms with Gasteiger partial charge in [-0.05, 0) is 36.8 Å². The lowest BCUT2D eigenvalue weighted by Gasteiger charge is -2.36. The van der Waals surface area contributed by atoms with Crippen molar-refractivity contribution in [3.8, 4) is 0 Å². The predicted octanol–water partition coefficient (Wildman–Crippen LogP) is 4.26. The van der Waals surface area contributed by atoms with E-state index in [0.717, 1.165) is 22.2 Å². The maximum Gasteiger partial charge on any atom is 0.256 e. The van der Waals surface area contributed by atoms with Crippen LogP contribution in [0.3, 0.4) is 0 Å². The van der Waals surface area contributed by atoms with E-state index in [4.69, 9.17) is 11.6 Å². The second-order valence-electron chi connectivity index (χ2n) is 7.77. The van der Waals surface area contributed by atoms with Crippen molar-refractivity contribution in [2.75, 3.05) is 19.6 Å². The number of pyridine rings is 1. The van der Waals surface area contributed by atoms with Gasteiger partial charge in [-0.15, -0.1) is 0 Å². The van der Waals surface area contributed by atoms with E-state index in [1.165, 1.54) is 0 Å². The van der Waals surface area contributed by atoms with Crippen LogP contribution in [-0.2, 0) is 6.54 Å². The molecule has 152 valence electrons. The molecule has 4 rings (SSSR count). The number of rotatable bonds is 5. The lowest BCUT2D eigenvalue weighted by molar-refractivity contribution is 0.0436. The molecule has 1 amide bonds. The van der Waals surface area contributed by atoms with Gasteiger partial charge in [0.15, 0.2) is 0 Å². The average Bonchev–Trinajstić information content (AvgIpc) is 3.12. The van der Waals surface area contributed by atoms with Gasteiger partial charge in [-0.1, -0.05) is 17.7 Å². The molecule has 29 heavy (non-hydrogen) atoms. The van der Waals surface area contributed by atoms with Gasteiger partial charge in [0.05, 0.1) is 11.3 Å². The molecule has 0 aliphatic carbocycles. The normalized spacial score (nSPS) is 16.3. The van der Waals surface area contributed by atoms with Crippen LogP contribution in [-0.4, -0.2) is 46.1 Å². The highest BCUT2D eigenvalue weighted by atomic mass is 35.5. The number of aryl methyl sites for hydroxylation is 1. The van der Waals surface area contributed by atoms with E-state index in [2.05, 4.69) is 15.3 Å². The number of H-pyrrole nitrogens is 1. The minimum absolute atomic E-state index is 0.0858. The van der Waals surface area contributed by atoms with Gasteiger partial charge in [0.1, 0.15) is 5.67 Å². The number of likely N-dealkylation sites (tertiary alicyclic amines) is 1. The number of hydrogen-bond acceptors (Lipinski definition) is 3. The molecule has 1 aliphatic rings. The van der Waals surface area contributed by atoms with Crippen molar-refractivity contribution < 1.29 is 9.18 Å². The van der Waals surface area contributed by atoms with Gasteiger partial charge in [0.2, 0.25) is 0 Å². The molecule has 1 fully saturated rings. The summed E-state index contributed by atoms with van der Waals surface area (Å²) in [6, 6.07) is 9.37. The van der Waals surface area contributed by atoms with Gasteiger partial charge >= 0.3 is 0 Å². The molecule has 2 N–H and O–H groups in total. The molecule has 3 heterocycles. The van der Waals surface area contributed by atoms with Gasteiger partial charge in [-0.2, -0.15) is 0 Å². The number of alkyl halides is 1. The summed E-state index contributed by atoms with van der Waals surface area (Å²) in [5.41, 5.74) is 2.13. The number of nitrogens with one attached hydrogen (secondary N) is 2. The predicted molar refractivity (Wildman–Crippen MR) is 113 cm³/mol. The van der Waals surface area contributed by atoms with Gasteiger partial charge in [-0.25, -0.2) is 4.39 Å². The molecule has 0 atom stereocenters. The minimum atomic E-state index is -1.31. The third kappa shape index (κ3) is 4.43. The molecule has 1 aromatic carbocycles. The van der Waals surface area contributed by atoms with Gasteiger partial charge in [0.25, 0.3) is 5.91 Å². The van der Waals surface area contributed by atoms with Crippen LogP contribution in [0, 0.1) is 6.92 Å². The highest BCUT2D eigenvalue weighted by molar-refractivity contribution is 6.31. The van der Waals surface area contributed by atoms with E-state index >= 15 is 4.39 Å². The van der Waals surface area contributed by atoms with Crippen molar-refractivity contribution in [3.05, 3.63) is 64.6 Å². The SMILES string of the molecule is Cc1ccc(CNCC2(F)CCN(C(=O)c3c[nH]c4ccc(Cl)cc34)CC2)nc1. The van der Waals surface area contributed by atoms with E-state index < -0.39 is 5.67 Å². The monoisotopic (exact) mass is 414 g/mol. The van der Waals surface area contributed by atoms with E-state index in [-0.39, 0.29) is 12.5 Å². The number of fused-ring (bicyclic) bond motifs is 1. The Labute approximate surface area is 174 Å². The van der Waals surface area contributed by atoms with Crippen molar-refractivity contribution in [2.24, 2.45) is 0 Å². The third-order valence-electron chi connectivity index (χ3n) is 5.54. The summed E-state index contributed by atoms with van der Waals surface area (Å²) in [6.45, 7) is 3.57. The molecule has 1 aliphatic heterocycles. The van der Waals surface area contributed by atoms with Crippen LogP contribution in [0.25, 0.3) is 10.9 Å². The summed E-state index contributed by atoms with van der Waals surface area (Å²) in [7, 11) is 0. The average molecular weight is 415 g/mol. The fourth-order valence-electron chi connectivity index (χ4n) is 3.75. The molecule has 0 spiro atoms. The molecule has 0 unspecified atom stereocenters. The zero-order chi connectivity index (χ0) is 20.4. The summed E-state index contributed by atoms with van der Waals surface area (Å²) in [5.74, 6) is -0.0858. The van der Waals surface area contributed by atoms with Crippen LogP contribution in [0.2, 0.25) is 5.02 Å². The van der Waals surface area contributed by atoms with Crippen molar-refractivity contribution in [1.82, 2.24) is 20.2 Å². The highest BCUT2D eigenvalue weighted by Gasteiger charge is 2.36. The van der Waals surface area contributed by atoms with Crippen LogP contribution in [0.1, 0.15) is 34.5 Å². The summed E-state index contributed by atoms with van der Waals surface area (Å²) in [4.78, 5) is 22.1. The Morgan fingerprint density at radius 2 is 2.10 bits per heavy atom. The lowest BCUT2D eigenvalue weighted by atomic mass is 9.92. The fraction of sp³-hybridized carbons (Fsp3) is 0.364. The number of aromatic nitrogens is 2. The Morgan fingerprint density at radius 3 is 2.83 bits per heavy atom. The molecule has 7 heteroatoms. The minimum Gasteiger partial charge on any atom is -0.360 e. The fourth-order valence-corrected chi connectivity index (χ4v) is 3.92. The van der Waals surface area contributed by atoms with E-state index in [9.17, 15) is 4.79 Å². The van der Waals surface area contributed by atoms with Crippen LogP contribution in [0.5, 0.6) is 0 Å². The first-order chi connectivity index (χ1) is 13.9. The summed E-state index contributed by atoms with van der Waals surface area (Å²) in [5, 5.41) is 4.56. The van der Waals surface area contributed by atoms with Crippen LogP contribution in [0.4, 0.5) is 4.39 Å². The maximum atomic E-state index is 15.2. The topological polar surface area (TPSA) is 61.0 Å². The van der Waals surface area contributed by atoms with Crippen molar-refractivity contribution in [3.63, 3.8) is 0 Å². The quantitative estimate of drug-likeness (QED) is 0.655. The zero-order valence-corrected chi connectivity index (χ0v) is 17.1. The Bertz CT molecular complexity index is 1010. The number of carbonyl (C=O) groups excluding carboxylic acids is 1. The second kappa shape index (κ2) is 8.13. The largest absolute Gasteiger partial charge is 0.360 e. The number of nitrogens with zero attached hydrogens (tertiary/aromatic N) is 2. The van der Waals surface area contributed by atoms with E-state index in [1.807, 2.05) is 31.3 Å². The third-order valence-corrected chi connectivity index (χ3v) is 5.78. The Morgan fingerprint density at radius 1 is 1.31 bits per heavy atom. The Hall–Kier alpha value is -2.44. The van der Waals surface area contributed by atoms with Crippen LogP contribution < -0.4 is 5.32 Å². The maximum absolute atomic E-state index is 15.2. The molecule has 1 saturated heterocycles. The summed E-state index contributed by atoms with van der Waals surface area (Å²) < 4.78 is 15.2. The van der Waals surface area contributed by atoms with E-state index in [0.29, 0.717) is 43.1 Å². The number of piperidine rings is 1. The van der Waals surface area contributed by atoms with E-state index in [1.54, 1.807) is 23.2 Å². The van der Waals surface area contributed by atoms with Gasteiger partial charge in [0, 0.05) is 67.3 Å². The van der Waals surface area contributed by atoms with Crippen LogP contribution in [0.15, 0.2) is 42.7 Å². The highest BCUT2D eigenvalue weighted by Crippen LogP contribution is 2.29. The van der Waals surface area contributed by atoms with Crippen LogP contribution >= 0.6 is 11.6 Å². The number of hydrogen-bond donors (Lipinski definition) is 2. The molecule has 5 nitrogen and oxygen atoms in total. The van der Waals surface area contributed by atoms with Crippen molar-refractivity contribution >= 4 is 28.4 Å². The summed E-state index contributed by atoms with van der Waals surface area (Å²) in [6.07, 6.45) is 4.15. The van der Waals surface area contributed by atoms with Gasteiger partial charge in [-0.3, -0.25) is 9.78 Å². The smallest absolute Gasteiger partial charge is 0.256 e. The molecule has 0 bridgehead atoms.